The van der Waals surface area contributed by atoms with E-state index in [9.17, 15) is 22.0 Å². The van der Waals surface area contributed by atoms with E-state index in [2.05, 4.69) is 0 Å². The summed E-state index contributed by atoms with van der Waals surface area (Å²) in [6.45, 7) is 0. The molecule has 14 heavy (non-hydrogen) atoms. The van der Waals surface area contributed by atoms with Gasteiger partial charge < -0.3 is 0 Å². The number of rotatable bonds is 1. The minimum Gasteiger partial charge on any atom is -0.206 e. The standard InChI is InChI=1S/C8H4ClF5/c9-3-4-1-2-5(10)6(7(4)11)8(12,13)14/h1-2H,3H2. The first-order chi connectivity index (χ1) is 6.38. The molecule has 0 nitrogen and oxygen atoms in total. The third-order valence-electron chi connectivity index (χ3n) is 1.60. The SMILES string of the molecule is Fc1ccc(CCl)c(F)c1C(F)(F)F. The Hall–Kier alpha value is -0.840. The van der Waals surface area contributed by atoms with Crippen molar-refractivity contribution in [3.05, 3.63) is 34.9 Å². The van der Waals surface area contributed by atoms with Crippen molar-refractivity contribution in [1.82, 2.24) is 0 Å². The number of benzene rings is 1. The number of halogens is 6. The van der Waals surface area contributed by atoms with Crippen LogP contribution < -0.4 is 0 Å². The van der Waals surface area contributed by atoms with E-state index in [0.29, 0.717) is 6.07 Å². The zero-order valence-corrected chi connectivity index (χ0v) is 7.39. The highest BCUT2D eigenvalue weighted by Crippen LogP contribution is 2.34. The zero-order chi connectivity index (χ0) is 10.9. The van der Waals surface area contributed by atoms with Gasteiger partial charge in [-0.2, -0.15) is 13.2 Å². The molecule has 0 aliphatic rings. The second-order valence-electron chi connectivity index (χ2n) is 2.53. The van der Waals surface area contributed by atoms with Gasteiger partial charge in [0, 0.05) is 5.56 Å². The normalized spacial score (nSPS) is 11.9. The molecule has 0 bridgehead atoms. The Kier molecular flexibility index (Phi) is 2.99. The molecule has 0 aliphatic heterocycles. The Labute approximate surface area is 81.3 Å². The summed E-state index contributed by atoms with van der Waals surface area (Å²) in [4.78, 5) is 0. The lowest BCUT2D eigenvalue weighted by atomic mass is 10.1. The Morgan fingerprint density at radius 1 is 1.14 bits per heavy atom. The number of hydrogen-bond donors (Lipinski definition) is 0. The quantitative estimate of drug-likeness (QED) is 0.509. The van der Waals surface area contributed by atoms with Crippen molar-refractivity contribution in [1.29, 1.82) is 0 Å². The molecule has 1 rings (SSSR count). The lowest BCUT2D eigenvalue weighted by molar-refractivity contribution is -0.142. The minimum atomic E-state index is -5.05. The largest absolute Gasteiger partial charge is 0.422 e. The van der Waals surface area contributed by atoms with Gasteiger partial charge in [-0.3, -0.25) is 0 Å². The van der Waals surface area contributed by atoms with E-state index >= 15 is 0 Å². The van der Waals surface area contributed by atoms with Crippen molar-refractivity contribution in [2.45, 2.75) is 12.1 Å². The van der Waals surface area contributed by atoms with E-state index in [4.69, 9.17) is 11.6 Å². The van der Waals surface area contributed by atoms with Crippen LogP contribution in [0.2, 0.25) is 0 Å². The van der Waals surface area contributed by atoms with Crippen LogP contribution in [0.25, 0.3) is 0 Å². The molecule has 0 saturated heterocycles. The molecule has 0 heterocycles. The van der Waals surface area contributed by atoms with Gasteiger partial charge in [0.1, 0.15) is 17.2 Å². The van der Waals surface area contributed by atoms with E-state index in [1.54, 1.807) is 0 Å². The molecule has 0 spiro atoms. The summed E-state index contributed by atoms with van der Waals surface area (Å²) < 4.78 is 62.0. The summed E-state index contributed by atoms with van der Waals surface area (Å²) in [6, 6.07) is 1.43. The summed E-state index contributed by atoms with van der Waals surface area (Å²) in [5.74, 6) is -3.72. The van der Waals surface area contributed by atoms with Gasteiger partial charge in [0.25, 0.3) is 0 Å². The highest BCUT2D eigenvalue weighted by molar-refractivity contribution is 6.17. The fourth-order valence-corrected chi connectivity index (χ4v) is 1.17. The molecule has 0 amide bonds. The average Bonchev–Trinajstić information content (AvgIpc) is 2.02. The number of alkyl halides is 4. The van der Waals surface area contributed by atoms with E-state index in [1.165, 1.54) is 0 Å². The smallest absolute Gasteiger partial charge is 0.206 e. The third kappa shape index (κ3) is 1.97. The number of hydrogen-bond acceptors (Lipinski definition) is 0. The first-order valence-electron chi connectivity index (χ1n) is 3.48. The van der Waals surface area contributed by atoms with Crippen LogP contribution in [-0.4, -0.2) is 0 Å². The van der Waals surface area contributed by atoms with E-state index in [0.717, 1.165) is 6.07 Å². The average molecular weight is 231 g/mol. The van der Waals surface area contributed by atoms with Crippen LogP contribution in [0.15, 0.2) is 12.1 Å². The third-order valence-corrected chi connectivity index (χ3v) is 1.89. The maximum atomic E-state index is 13.0. The van der Waals surface area contributed by atoms with Gasteiger partial charge in [0.05, 0.1) is 5.88 Å². The van der Waals surface area contributed by atoms with Crippen LogP contribution in [0, 0.1) is 11.6 Å². The van der Waals surface area contributed by atoms with Gasteiger partial charge in [0.15, 0.2) is 0 Å². The fraction of sp³-hybridized carbons (Fsp3) is 0.250. The van der Waals surface area contributed by atoms with Crippen molar-refractivity contribution in [3.8, 4) is 0 Å². The van der Waals surface area contributed by atoms with Gasteiger partial charge in [-0.05, 0) is 6.07 Å². The second kappa shape index (κ2) is 3.73. The van der Waals surface area contributed by atoms with Crippen LogP contribution in [0.5, 0.6) is 0 Å². The highest BCUT2D eigenvalue weighted by atomic mass is 35.5. The lowest BCUT2D eigenvalue weighted by Gasteiger charge is -2.10. The molecule has 1 aromatic carbocycles. The molecular formula is C8H4ClF5. The maximum Gasteiger partial charge on any atom is 0.422 e. The van der Waals surface area contributed by atoms with Gasteiger partial charge in [-0.25, -0.2) is 8.78 Å². The predicted molar refractivity (Wildman–Crippen MR) is 40.9 cm³/mol. The van der Waals surface area contributed by atoms with Gasteiger partial charge in [0.2, 0.25) is 0 Å². The second-order valence-corrected chi connectivity index (χ2v) is 2.79. The molecule has 0 N–H and O–H groups in total. The van der Waals surface area contributed by atoms with Crippen molar-refractivity contribution in [2.75, 3.05) is 0 Å². The Bertz CT molecular complexity index is 344. The van der Waals surface area contributed by atoms with Gasteiger partial charge >= 0.3 is 6.18 Å². The van der Waals surface area contributed by atoms with Crippen molar-refractivity contribution in [3.63, 3.8) is 0 Å². The summed E-state index contributed by atoms with van der Waals surface area (Å²) in [5.41, 5.74) is -2.27. The van der Waals surface area contributed by atoms with Crippen LogP contribution in [0.1, 0.15) is 11.1 Å². The van der Waals surface area contributed by atoms with Crippen molar-refractivity contribution in [2.24, 2.45) is 0 Å². The van der Waals surface area contributed by atoms with Crippen LogP contribution in [-0.2, 0) is 12.1 Å². The van der Waals surface area contributed by atoms with E-state index < -0.39 is 29.3 Å². The zero-order valence-electron chi connectivity index (χ0n) is 6.63. The molecule has 0 atom stereocenters. The molecule has 78 valence electrons. The molecule has 0 aromatic heterocycles. The van der Waals surface area contributed by atoms with E-state index in [-0.39, 0.29) is 5.56 Å². The van der Waals surface area contributed by atoms with Crippen molar-refractivity contribution < 1.29 is 22.0 Å². The molecular weight excluding hydrogens is 227 g/mol. The fourth-order valence-electron chi connectivity index (χ4n) is 0.959. The van der Waals surface area contributed by atoms with Crippen LogP contribution in [0.3, 0.4) is 0 Å². The molecule has 1 aromatic rings. The molecule has 0 saturated carbocycles. The monoisotopic (exact) mass is 230 g/mol. The summed E-state index contributed by atoms with van der Waals surface area (Å²) in [7, 11) is 0. The molecule has 0 radical (unpaired) electrons. The predicted octanol–water partition coefficient (Wildman–Crippen LogP) is 3.72. The van der Waals surface area contributed by atoms with E-state index in [1.807, 2.05) is 0 Å². The molecule has 0 unspecified atom stereocenters. The van der Waals surface area contributed by atoms with Crippen molar-refractivity contribution >= 4 is 11.6 Å². The summed E-state index contributed by atoms with van der Waals surface area (Å²) >= 11 is 5.18. The molecule has 0 aliphatic carbocycles. The Balaban J connectivity index is 3.40. The molecule has 0 fully saturated rings. The first-order valence-corrected chi connectivity index (χ1v) is 4.01. The van der Waals surface area contributed by atoms with Crippen LogP contribution in [0.4, 0.5) is 22.0 Å². The van der Waals surface area contributed by atoms with Gasteiger partial charge in [-0.15, -0.1) is 11.6 Å². The van der Waals surface area contributed by atoms with Crippen LogP contribution >= 0.6 is 11.6 Å². The highest BCUT2D eigenvalue weighted by Gasteiger charge is 2.38. The van der Waals surface area contributed by atoms with Gasteiger partial charge in [-0.1, -0.05) is 6.07 Å². The summed E-state index contributed by atoms with van der Waals surface area (Å²) in [5, 5.41) is 0. The first kappa shape index (κ1) is 11.2. The topological polar surface area (TPSA) is 0 Å². The Morgan fingerprint density at radius 3 is 2.14 bits per heavy atom. The summed E-state index contributed by atoms with van der Waals surface area (Å²) in [6.07, 6.45) is -5.05. The Morgan fingerprint density at radius 2 is 1.71 bits per heavy atom. The molecule has 6 heteroatoms. The minimum absolute atomic E-state index is 0.375. The lowest BCUT2D eigenvalue weighted by Crippen LogP contribution is -2.12. The maximum absolute atomic E-state index is 13.0.